The van der Waals surface area contributed by atoms with E-state index in [1.807, 2.05) is 6.07 Å². The predicted molar refractivity (Wildman–Crippen MR) is 133 cm³/mol. The summed E-state index contributed by atoms with van der Waals surface area (Å²) in [6.07, 6.45) is 3.20. The van der Waals surface area contributed by atoms with Crippen LogP contribution in [0.4, 0.5) is 0 Å². The number of ether oxygens (including phenoxy) is 2. The van der Waals surface area contributed by atoms with E-state index in [1.54, 1.807) is 0 Å². The summed E-state index contributed by atoms with van der Waals surface area (Å²) in [5.41, 5.74) is 5.17. The highest BCUT2D eigenvalue weighted by Gasteiger charge is 2.29. The van der Waals surface area contributed by atoms with E-state index in [0.29, 0.717) is 6.54 Å². The molecule has 0 saturated carbocycles. The molecule has 5 nitrogen and oxygen atoms in total. The van der Waals surface area contributed by atoms with Crippen LogP contribution >= 0.6 is 0 Å². The van der Waals surface area contributed by atoms with E-state index in [0.717, 1.165) is 44.7 Å². The van der Waals surface area contributed by atoms with Gasteiger partial charge in [-0.15, -0.1) is 0 Å². The molecule has 34 heavy (non-hydrogen) atoms. The molecule has 0 aliphatic carbocycles. The van der Waals surface area contributed by atoms with Gasteiger partial charge in [-0.1, -0.05) is 66.7 Å². The minimum absolute atomic E-state index is 0.00917. The molecule has 2 atom stereocenters. The fraction of sp³-hybridized carbons (Fsp3) is 0.345. The second kappa shape index (κ2) is 10.9. The van der Waals surface area contributed by atoms with Crippen molar-refractivity contribution in [3.05, 3.63) is 101 Å². The van der Waals surface area contributed by atoms with Crippen LogP contribution in [0.25, 0.3) is 0 Å². The number of nitrogens with zero attached hydrogens (tertiary/aromatic N) is 1. The molecule has 1 N–H and O–H groups in total. The lowest BCUT2D eigenvalue weighted by Crippen LogP contribution is -2.36. The highest BCUT2D eigenvalue weighted by atomic mass is 16.5. The minimum atomic E-state index is -0.112. The van der Waals surface area contributed by atoms with Crippen LogP contribution in [-0.4, -0.2) is 43.2 Å². The molecule has 1 amide bonds. The summed E-state index contributed by atoms with van der Waals surface area (Å²) >= 11 is 0. The number of carbonyl (C=O) groups excluding carboxylic acids is 1. The molecule has 3 aromatic rings. The number of fused-ring (bicyclic) bond motifs is 1. The highest BCUT2D eigenvalue weighted by molar-refractivity contribution is 5.77. The largest absolute Gasteiger partial charge is 0.484 e. The van der Waals surface area contributed by atoms with E-state index < -0.39 is 0 Å². The molecule has 0 aromatic heterocycles. The number of nitrogens with one attached hydrogen (secondary N) is 1. The number of rotatable bonds is 8. The monoisotopic (exact) mass is 456 g/mol. The van der Waals surface area contributed by atoms with E-state index in [-0.39, 0.29) is 24.7 Å². The minimum Gasteiger partial charge on any atom is -0.484 e. The lowest BCUT2D eigenvalue weighted by Gasteiger charge is -2.38. The molecular formula is C29H32N2O3. The summed E-state index contributed by atoms with van der Waals surface area (Å²) in [6.45, 7) is 3.23. The third-order valence-corrected chi connectivity index (χ3v) is 6.71. The molecular weight excluding hydrogens is 424 g/mol. The fourth-order valence-corrected chi connectivity index (χ4v) is 4.98. The molecule has 0 spiro atoms. The molecule has 0 bridgehead atoms. The van der Waals surface area contributed by atoms with Gasteiger partial charge >= 0.3 is 0 Å². The summed E-state index contributed by atoms with van der Waals surface area (Å²) in [4.78, 5) is 14.8. The molecule has 1 fully saturated rings. The zero-order valence-electron chi connectivity index (χ0n) is 19.5. The Labute approximate surface area is 201 Å². The van der Waals surface area contributed by atoms with Gasteiger partial charge in [-0.2, -0.15) is 0 Å². The van der Waals surface area contributed by atoms with Crippen LogP contribution in [0.1, 0.15) is 41.1 Å². The van der Waals surface area contributed by atoms with Crippen LogP contribution in [0, 0.1) is 0 Å². The molecule has 5 rings (SSSR count). The van der Waals surface area contributed by atoms with Crippen LogP contribution in [0.5, 0.6) is 5.75 Å². The zero-order valence-corrected chi connectivity index (χ0v) is 19.5. The highest BCUT2D eigenvalue weighted by Crippen LogP contribution is 2.37. The first-order valence-corrected chi connectivity index (χ1v) is 12.2. The first-order chi connectivity index (χ1) is 16.8. The Balaban J connectivity index is 1.32. The first-order valence-electron chi connectivity index (χ1n) is 12.2. The molecule has 0 radical (unpaired) electrons. The predicted octanol–water partition coefficient (Wildman–Crippen LogP) is 4.51. The Morgan fingerprint density at radius 2 is 1.82 bits per heavy atom. The van der Waals surface area contributed by atoms with Gasteiger partial charge in [0.15, 0.2) is 6.61 Å². The molecule has 176 valence electrons. The van der Waals surface area contributed by atoms with Crippen LogP contribution in [0.2, 0.25) is 0 Å². The topological polar surface area (TPSA) is 50.8 Å². The van der Waals surface area contributed by atoms with Crippen molar-refractivity contribution in [2.75, 3.05) is 26.3 Å². The maximum absolute atomic E-state index is 12.3. The van der Waals surface area contributed by atoms with E-state index in [4.69, 9.17) is 9.47 Å². The molecule has 5 heteroatoms. The van der Waals surface area contributed by atoms with Crippen LogP contribution < -0.4 is 10.1 Å². The van der Waals surface area contributed by atoms with Gasteiger partial charge in [-0.05, 0) is 53.6 Å². The molecule has 3 aromatic carbocycles. The van der Waals surface area contributed by atoms with Gasteiger partial charge in [0.25, 0.3) is 5.91 Å². The average Bonchev–Trinajstić information content (AvgIpc) is 3.41. The van der Waals surface area contributed by atoms with Crippen LogP contribution in [0.15, 0.2) is 78.9 Å². The average molecular weight is 457 g/mol. The van der Waals surface area contributed by atoms with E-state index in [1.165, 1.54) is 22.3 Å². The Morgan fingerprint density at radius 3 is 2.59 bits per heavy atom. The normalized spacial score (nSPS) is 20.0. The van der Waals surface area contributed by atoms with Crippen molar-refractivity contribution in [3.63, 3.8) is 0 Å². The van der Waals surface area contributed by atoms with Crippen molar-refractivity contribution in [2.45, 2.75) is 38.0 Å². The maximum atomic E-state index is 12.3. The lowest BCUT2D eigenvalue weighted by atomic mass is 9.87. The summed E-state index contributed by atoms with van der Waals surface area (Å²) in [5, 5.41) is 2.93. The summed E-state index contributed by atoms with van der Waals surface area (Å²) in [7, 11) is 0. The third kappa shape index (κ3) is 5.49. The Bertz CT molecular complexity index is 1080. The van der Waals surface area contributed by atoms with E-state index >= 15 is 0 Å². The van der Waals surface area contributed by atoms with Crippen molar-refractivity contribution in [1.29, 1.82) is 0 Å². The fourth-order valence-electron chi connectivity index (χ4n) is 4.98. The van der Waals surface area contributed by atoms with Gasteiger partial charge in [-0.3, -0.25) is 9.69 Å². The zero-order chi connectivity index (χ0) is 23.2. The summed E-state index contributed by atoms with van der Waals surface area (Å²) in [5.74, 6) is 0.618. The van der Waals surface area contributed by atoms with Crippen molar-refractivity contribution in [1.82, 2.24) is 10.2 Å². The van der Waals surface area contributed by atoms with Crippen molar-refractivity contribution in [3.8, 4) is 5.75 Å². The van der Waals surface area contributed by atoms with Gasteiger partial charge in [-0.25, -0.2) is 0 Å². The van der Waals surface area contributed by atoms with Crippen LogP contribution in [0.3, 0.4) is 0 Å². The van der Waals surface area contributed by atoms with Crippen molar-refractivity contribution >= 4 is 5.91 Å². The van der Waals surface area contributed by atoms with Gasteiger partial charge in [0.2, 0.25) is 0 Å². The van der Waals surface area contributed by atoms with Crippen molar-refractivity contribution in [2.24, 2.45) is 0 Å². The maximum Gasteiger partial charge on any atom is 0.258 e. The van der Waals surface area contributed by atoms with E-state index in [9.17, 15) is 4.79 Å². The second-order valence-electron chi connectivity index (χ2n) is 9.11. The number of benzene rings is 3. The third-order valence-electron chi connectivity index (χ3n) is 6.71. The standard InChI is InChI=1S/C29H32N2O3/c32-28(30-19-26-12-7-17-33-26)21-34-25-14-13-23-15-16-31(20-22-8-3-1-4-9-22)29(27(23)18-25)24-10-5-2-6-11-24/h1-6,8-11,13-14,18,26,29H,7,12,15-17,19-21H2,(H,30,32)/t26-,29-/m0/s1. The lowest BCUT2D eigenvalue weighted by molar-refractivity contribution is -0.123. The SMILES string of the molecule is O=C(COc1ccc2c(c1)[C@H](c1ccccc1)N(Cc1ccccc1)CC2)NC[C@@H]1CCCO1. The molecule has 2 aliphatic heterocycles. The van der Waals surface area contributed by atoms with Gasteiger partial charge in [0, 0.05) is 26.2 Å². The molecule has 1 saturated heterocycles. The number of carbonyl (C=O) groups is 1. The Morgan fingerprint density at radius 1 is 1.03 bits per heavy atom. The van der Waals surface area contributed by atoms with Crippen molar-refractivity contribution < 1.29 is 14.3 Å². The Kier molecular flexibility index (Phi) is 7.22. The van der Waals surface area contributed by atoms with E-state index in [2.05, 4.69) is 83.0 Å². The summed E-state index contributed by atoms with van der Waals surface area (Å²) in [6, 6.07) is 27.7. The first kappa shape index (κ1) is 22.6. The number of hydrogen-bond acceptors (Lipinski definition) is 4. The number of amides is 1. The molecule has 0 unspecified atom stereocenters. The van der Waals surface area contributed by atoms with Gasteiger partial charge < -0.3 is 14.8 Å². The molecule has 2 heterocycles. The van der Waals surface area contributed by atoms with Crippen LogP contribution in [-0.2, 0) is 22.5 Å². The van der Waals surface area contributed by atoms with Gasteiger partial charge in [0.1, 0.15) is 5.75 Å². The second-order valence-corrected chi connectivity index (χ2v) is 9.11. The summed E-state index contributed by atoms with van der Waals surface area (Å²) < 4.78 is 11.5. The van der Waals surface area contributed by atoms with Gasteiger partial charge in [0.05, 0.1) is 12.1 Å². The molecule has 2 aliphatic rings. The Hall–Kier alpha value is -3.15. The number of hydrogen-bond donors (Lipinski definition) is 1. The smallest absolute Gasteiger partial charge is 0.258 e. The quantitative estimate of drug-likeness (QED) is 0.542.